The average Bonchev–Trinajstić information content (AvgIpc) is 3.12. The monoisotopic (exact) mass is 421 g/mol. The highest BCUT2D eigenvalue weighted by Gasteiger charge is 2.11. The van der Waals surface area contributed by atoms with E-state index in [0.717, 1.165) is 57.2 Å². The van der Waals surface area contributed by atoms with Gasteiger partial charge in [-0.3, -0.25) is 0 Å². The molecule has 0 radical (unpaired) electrons. The van der Waals surface area contributed by atoms with Crippen molar-refractivity contribution in [1.82, 2.24) is 4.68 Å². The van der Waals surface area contributed by atoms with Gasteiger partial charge in [-0.05, 0) is 62.3 Å². The molecule has 0 saturated carbocycles. The molecule has 2 aromatic carbocycles. The fraction of sp³-hybridized carbons (Fsp3) is 0.250. The van der Waals surface area contributed by atoms with Crippen molar-refractivity contribution in [3.8, 4) is 11.3 Å². The Morgan fingerprint density at radius 2 is 1.90 bits per heavy atom. The van der Waals surface area contributed by atoms with Crippen LogP contribution in [0.1, 0.15) is 30.4 Å². The minimum atomic E-state index is 0.465. The summed E-state index contributed by atoms with van der Waals surface area (Å²) in [6, 6.07) is 14.2. The Morgan fingerprint density at radius 3 is 2.62 bits per heavy atom. The van der Waals surface area contributed by atoms with Crippen molar-refractivity contribution in [2.24, 2.45) is 16.0 Å². The number of thiazole rings is 1. The molecule has 0 fully saturated rings. The summed E-state index contributed by atoms with van der Waals surface area (Å²) < 4.78 is 1.96. The molecule has 0 saturated heterocycles. The fourth-order valence-corrected chi connectivity index (χ4v) is 4.56. The number of para-hydroxylation sites is 1. The van der Waals surface area contributed by atoms with Crippen LogP contribution in [0.25, 0.3) is 11.3 Å². The Bertz CT molecular complexity index is 1120. The topological polar surface area (TPSA) is 29.6 Å². The third kappa shape index (κ3) is 4.60. The van der Waals surface area contributed by atoms with Gasteiger partial charge in [0.25, 0.3) is 0 Å². The van der Waals surface area contributed by atoms with Crippen molar-refractivity contribution < 1.29 is 0 Å². The molecule has 1 heterocycles. The van der Waals surface area contributed by atoms with E-state index >= 15 is 0 Å². The van der Waals surface area contributed by atoms with E-state index in [2.05, 4.69) is 61.9 Å². The van der Waals surface area contributed by atoms with Gasteiger partial charge in [0.05, 0.1) is 11.4 Å². The number of allylic oxidation sites excluding steroid dienone is 2. The number of nitrogens with zero attached hydrogens (tertiary/aromatic N) is 3. The molecule has 0 amide bonds. The van der Waals surface area contributed by atoms with E-state index in [-0.39, 0.29) is 0 Å². The second kappa shape index (κ2) is 8.93. The normalized spacial score (nSPS) is 17.3. The lowest BCUT2D eigenvalue weighted by molar-refractivity contribution is 0.622. The van der Waals surface area contributed by atoms with Gasteiger partial charge in [0.15, 0.2) is 0 Å². The summed E-state index contributed by atoms with van der Waals surface area (Å²) in [6.45, 7) is 4.19. The van der Waals surface area contributed by atoms with E-state index in [9.17, 15) is 0 Å². The highest BCUT2D eigenvalue weighted by molar-refractivity contribution is 7.07. The van der Waals surface area contributed by atoms with Gasteiger partial charge in [-0.1, -0.05) is 54.1 Å². The first-order chi connectivity index (χ1) is 14.1. The third-order valence-electron chi connectivity index (χ3n) is 5.16. The molecule has 5 heteroatoms. The van der Waals surface area contributed by atoms with Crippen LogP contribution >= 0.6 is 22.9 Å². The van der Waals surface area contributed by atoms with Crippen molar-refractivity contribution in [3.05, 3.63) is 80.9 Å². The zero-order chi connectivity index (χ0) is 20.2. The van der Waals surface area contributed by atoms with E-state index in [1.54, 1.807) is 11.3 Å². The number of rotatable bonds is 4. The average molecular weight is 422 g/mol. The zero-order valence-electron chi connectivity index (χ0n) is 16.7. The quantitative estimate of drug-likeness (QED) is 0.323. The van der Waals surface area contributed by atoms with Crippen molar-refractivity contribution in [2.75, 3.05) is 0 Å². The Kier molecular flexibility index (Phi) is 6.12. The maximum absolute atomic E-state index is 6.25. The first-order valence-electron chi connectivity index (χ1n) is 9.89. The van der Waals surface area contributed by atoms with Crippen molar-refractivity contribution in [1.29, 1.82) is 0 Å². The second-order valence-corrected chi connectivity index (χ2v) is 8.66. The maximum Gasteiger partial charge on any atom is 0.211 e. The molecule has 1 unspecified atom stereocenters. The Balaban J connectivity index is 1.84. The Morgan fingerprint density at radius 1 is 1.10 bits per heavy atom. The van der Waals surface area contributed by atoms with E-state index in [1.165, 1.54) is 0 Å². The Hall–Kier alpha value is -2.43. The molecule has 3 nitrogen and oxygen atoms in total. The highest BCUT2D eigenvalue weighted by atomic mass is 35.5. The number of benzene rings is 2. The van der Waals surface area contributed by atoms with Gasteiger partial charge in [-0.15, -0.1) is 11.3 Å². The van der Waals surface area contributed by atoms with Crippen LogP contribution in [-0.2, 0) is 0 Å². The van der Waals surface area contributed by atoms with Crippen LogP contribution in [0.15, 0.2) is 70.1 Å². The van der Waals surface area contributed by atoms with Crippen LogP contribution < -0.4 is 4.80 Å². The van der Waals surface area contributed by atoms with Gasteiger partial charge in [-0.25, -0.2) is 9.67 Å². The molecule has 3 aromatic rings. The molecular formula is C24H24ClN3S. The van der Waals surface area contributed by atoms with Crippen molar-refractivity contribution in [2.45, 2.75) is 33.1 Å². The van der Waals surface area contributed by atoms with Gasteiger partial charge in [0, 0.05) is 22.2 Å². The highest BCUT2D eigenvalue weighted by Crippen LogP contribution is 2.26. The van der Waals surface area contributed by atoms with Crippen LogP contribution in [0.4, 0.5) is 5.69 Å². The molecular weight excluding hydrogens is 398 g/mol. The lowest BCUT2D eigenvalue weighted by Gasteiger charge is -2.12. The lowest BCUT2D eigenvalue weighted by Crippen LogP contribution is -2.14. The largest absolute Gasteiger partial charge is 0.219 e. The summed E-state index contributed by atoms with van der Waals surface area (Å²) in [5.41, 5.74) is 5.38. The van der Waals surface area contributed by atoms with Crippen LogP contribution in [0.2, 0.25) is 5.02 Å². The predicted octanol–water partition coefficient (Wildman–Crippen LogP) is 6.91. The summed E-state index contributed by atoms with van der Waals surface area (Å²) in [5, 5.41) is 7.71. The summed E-state index contributed by atoms with van der Waals surface area (Å²) in [5.74, 6) is 0.465. The third-order valence-corrected chi connectivity index (χ3v) is 6.21. The van der Waals surface area contributed by atoms with Gasteiger partial charge >= 0.3 is 0 Å². The van der Waals surface area contributed by atoms with Gasteiger partial charge < -0.3 is 0 Å². The van der Waals surface area contributed by atoms with Crippen molar-refractivity contribution >= 4 is 34.8 Å². The van der Waals surface area contributed by atoms with Gasteiger partial charge in [0.1, 0.15) is 0 Å². The molecule has 4 rings (SSSR count). The first-order valence-corrected chi connectivity index (χ1v) is 11.1. The fourth-order valence-electron chi connectivity index (χ4n) is 3.53. The van der Waals surface area contributed by atoms with Crippen LogP contribution in [0.3, 0.4) is 0 Å². The van der Waals surface area contributed by atoms with Crippen LogP contribution in [-0.4, -0.2) is 10.9 Å². The minimum Gasteiger partial charge on any atom is -0.219 e. The van der Waals surface area contributed by atoms with Gasteiger partial charge in [-0.2, -0.15) is 5.10 Å². The molecule has 148 valence electrons. The second-order valence-electron chi connectivity index (χ2n) is 7.39. The Labute approximate surface area is 180 Å². The van der Waals surface area contributed by atoms with Crippen molar-refractivity contribution in [3.63, 3.8) is 0 Å². The van der Waals surface area contributed by atoms with E-state index in [4.69, 9.17) is 21.7 Å². The molecule has 1 aromatic heterocycles. The zero-order valence-corrected chi connectivity index (χ0v) is 18.2. The smallest absolute Gasteiger partial charge is 0.211 e. The summed E-state index contributed by atoms with van der Waals surface area (Å²) in [6.07, 6.45) is 9.88. The molecule has 1 aliphatic carbocycles. The van der Waals surface area contributed by atoms with E-state index in [1.807, 2.05) is 22.9 Å². The number of aryl methyl sites for hydroxylation is 2. The number of hydrogen-bond donors (Lipinski definition) is 0. The molecule has 1 aliphatic rings. The molecule has 0 N–H and O–H groups in total. The van der Waals surface area contributed by atoms with Crippen LogP contribution in [0.5, 0.6) is 0 Å². The summed E-state index contributed by atoms with van der Waals surface area (Å²) >= 11 is 7.85. The minimum absolute atomic E-state index is 0.465. The van der Waals surface area contributed by atoms with Gasteiger partial charge in [0.2, 0.25) is 4.80 Å². The number of halogens is 1. The first kappa shape index (κ1) is 19.9. The maximum atomic E-state index is 6.25. The molecule has 0 spiro atoms. The molecule has 1 atom stereocenters. The summed E-state index contributed by atoms with van der Waals surface area (Å²) in [7, 11) is 0. The summed E-state index contributed by atoms with van der Waals surface area (Å²) in [4.78, 5) is 5.85. The molecule has 29 heavy (non-hydrogen) atoms. The predicted molar refractivity (Wildman–Crippen MR) is 124 cm³/mol. The van der Waals surface area contributed by atoms with E-state index in [0.29, 0.717) is 5.92 Å². The van der Waals surface area contributed by atoms with Crippen LogP contribution in [0, 0.1) is 19.8 Å². The number of hydrogen-bond acceptors (Lipinski definition) is 3. The molecule has 0 aliphatic heterocycles. The number of aromatic nitrogens is 1. The standard InChI is InChI=1S/C24H24ClN3S/c1-17-8-6-9-18(2)23(17)27-24-28(26-15-19-10-4-3-5-11-19)22(16-29-24)20-12-7-13-21(25)14-20/h3-4,6-9,12-16,19H,5,10-11H2,1-2H3. The SMILES string of the molecule is Cc1cccc(C)c1N=c1scc(-c2cccc(Cl)c2)n1N=CC1CC=CCC1. The molecule has 0 bridgehead atoms. The van der Waals surface area contributed by atoms with E-state index < -0.39 is 0 Å². The lowest BCUT2D eigenvalue weighted by atomic mass is 9.96.